The predicted molar refractivity (Wildman–Crippen MR) is 121 cm³/mol. The van der Waals surface area contributed by atoms with Crippen LogP contribution in [-0.2, 0) is 22.8 Å². The number of methoxy groups -OCH3 is 1. The number of rotatable bonds is 5. The second kappa shape index (κ2) is 7.67. The zero-order valence-electron chi connectivity index (χ0n) is 19.2. The monoisotopic (exact) mass is 425 g/mol. The first-order valence-corrected chi connectivity index (χ1v) is 13.1. The maximum absolute atomic E-state index is 13.4. The number of fused-ring (bicyclic) bond motifs is 1. The molecule has 160 valence electrons. The van der Waals surface area contributed by atoms with E-state index in [1.54, 1.807) is 6.92 Å². The van der Waals surface area contributed by atoms with E-state index < -0.39 is 8.32 Å². The number of benzene rings is 1. The van der Waals surface area contributed by atoms with Crippen molar-refractivity contribution in [2.24, 2.45) is 7.05 Å². The quantitative estimate of drug-likeness (QED) is 0.593. The van der Waals surface area contributed by atoms with Crippen molar-refractivity contribution in [3.63, 3.8) is 0 Å². The number of Topliss-reactive ketones (excluding diaryl/α,β-unsaturated/α-hetero) is 2. The lowest BCUT2D eigenvalue weighted by atomic mass is 9.91. The van der Waals surface area contributed by atoms with Gasteiger partial charge in [-0.3, -0.25) is 9.59 Å². The molecule has 3 rings (SSSR count). The summed E-state index contributed by atoms with van der Waals surface area (Å²) in [4.78, 5) is 26.5. The van der Waals surface area contributed by atoms with Gasteiger partial charge < -0.3 is 13.7 Å². The van der Waals surface area contributed by atoms with E-state index in [1.807, 2.05) is 41.9 Å². The molecule has 1 aromatic carbocycles. The van der Waals surface area contributed by atoms with E-state index in [9.17, 15) is 9.59 Å². The third kappa shape index (κ3) is 3.48. The van der Waals surface area contributed by atoms with Crippen molar-refractivity contribution in [2.45, 2.75) is 52.4 Å². The third-order valence-corrected chi connectivity index (χ3v) is 10.9. The second-order valence-electron chi connectivity index (χ2n) is 9.34. The van der Waals surface area contributed by atoms with Crippen LogP contribution in [0.15, 0.2) is 41.7 Å². The first-order chi connectivity index (χ1) is 13.9. The molecule has 1 aliphatic carbocycles. The average Bonchev–Trinajstić information content (AvgIpc) is 2.97. The second-order valence-corrected chi connectivity index (χ2v) is 14.2. The molecule has 0 amide bonds. The number of hydrogen-bond acceptors (Lipinski definition) is 4. The van der Waals surface area contributed by atoms with E-state index in [1.165, 1.54) is 7.11 Å². The summed E-state index contributed by atoms with van der Waals surface area (Å²) in [7, 11) is 1.20. The Hall–Kier alpha value is -2.44. The number of hydrogen-bond donors (Lipinski definition) is 0. The summed E-state index contributed by atoms with van der Waals surface area (Å²) in [5, 5.41) is 0.0305. The van der Waals surface area contributed by atoms with Gasteiger partial charge in [0.1, 0.15) is 5.69 Å². The molecular weight excluding hydrogens is 394 g/mol. The topological polar surface area (TPSA) is 57.5 Å². The molecule has 0 atom stereocenters. The van der Waals surface area contributed by atoms with Crippen molar-refractivity contribution in [1.82, 2.24) is 4.57 Å². The summed E-state index contributed by atoms with van der Waals surface area (Å²) < 4.78 is 13.7. The van der Waals surface area contributed by atoms with Gasteiger partial charge in [0.05, 0.1) is 25.0 Å². The first kappa shape index (κ1) is 22.2. The molecule has 0 saturated carbocycles. The standard InChI is InChI=1S/C24H31NO4Si/c1-15-21(26)20-18(22(27)23(15)28-6)17(14-29-30(7,8)24(2,3)4)19(25(20)5)16-12-10-9-11-13-16/h9-13H,14H2,1-8H3. The van der Waals surface area contributed by atoms with E-state index >= 15 is 0 Å². The molecule has 0 N–H and O–H groups in total. The Morgan fingerprint density at radius 1 is 1.00 bits per heavy atom. The molecule has 0 saturated heterocycles. The molecule has 0 bridgehead atoms. The maximum Gasteiger partial charge on any atom is 0.230 e. The summed E-state index contributed by atoms with van der Waals surface area (Å²) in [5.41, 5.74) is 3.69. The molecule has 1 aliphatic rings. The number of ether oxygens (including phenoxy) is 1. The summed E-state index contributed by atoms with van der Waals surface area (Å²) in [6.07, 6.45) is 0. The van der Waals surface area contributed by atoms with Crippen molar-refractivity contribution in [3.8, 4) is 11.3 Å². The van der Waals surface area contributed by atoms with Gasteiger partial charge in [-0.1, -0.05) is 51.1 Å². The molecular formula is C24H31NO4Si. The summed E-state index contributed by atoms with van der Waals surface area (Å²) in [5.74, 6) is -0.317. The van der Waals surface area contributed by atoms with Gasteiger partial charge in [0.25, 0.3) is 0 Å². The van der Waals surface area contributed by atoms with Crippen molar-refractivity contribution >= 4 is 19.9 Å². The summed E-state index contributed by atoms with van der Waals surface area (Å²) in [6, 6.07) is 9.83. The van der Waals surface area contributed by atoms with Gasteiger partial charge in [-0.15, -0.1) is 0 Å². The zero-order valence-corrected chi connectivity index (χ0v) is 20.2. The van der Waals surface area contributed by atoms with Gasteiger partial charge >= 0.3 is 0 Å². The molecule has 5 nitrogen and oxygen atoms in total. The number of ketones is 2. The van der Waals surface area contributed by atoms with Crippen molar-refractivity contribution in [2.75, 3.05) is 7.11 Å². The fraction of sp³-hybridized carbons (Fsp3) is 0.417. The molecule has 0 fully saturated rings. The van der Waals surface area contributed by atoms with E-state index in [2.05, 4.69) is 33.9 Å². The molecule has 0 radical (unpaired) electrons. The number of allylic oxidation sites excluding steroid dienone is 2. The van der Waals surface area contributed by atoms with Gasteiger partial charge in [0, 0.05) is 18.2 Å². The molecule has 1 aromatic heterocycles. The normalized spacial score (nSPS) is 14.9. The Morgan fingerprint density at radius 3 is 2.13 bits per heavy atom. The van der Waals surface area contributed by atoms with Crippen LogP contribution in [-0.4, -0.2) is 31.6 Å². The Balaban J connectivity index is 2.24. The van der Waals surface area contributed by atoms with Gasteiger partial charge in [0.15, 0.2) is 14.1 Å². The summed E-state index contributed by atoms with van der Waals surface area (Å²) in [6.45, 7) is 12.8. The Labute approximate surface area is 179 Å². The largest absolute Gasteiger partial charge is 0.492 e. The number of carbonyl (C=O) groups is 2. The van der Waals surface area contributed by atoms with Gasteiger partial charge in [-0.05, 0) is 30.6 Å². The van der Waals surface area contributed by atoms with Crippen molar-refractivity contribution in [3.05, 3.63) is 58.5 Å². The molecule has 6 heteroatoms. The molecule has 2 aromatic rings. The fourth-order valence-electron chi connectivity index (χ4n) is 3.64. The lowest BCUT2D eigenvalue weighted by Gasteiger charge is -2.36. The minimum Gasteiger partial charge on any atom is -0.492 e. The SMILES string of the molecule is COC1=C(C)C(=O)c2c(c(CO[Si](C)(C)C(C)(C)C)c(-c3ccccc3)n2C)C1=O. The molecule has 0 aliphatic heterocycles. The molecule has 0 unspecified atom stereocenters. The lowest BCUT2D eigenvalue weighted by Crippen LogP contribution is -2.40. The molecule has 1 heterocycles. The number of carbonyl (C=O) groups excluding carboxylic acids is 2. The smallest absolute Gasteiger partial charge is 0.230 e. The highest BCUT2D eigenvalue weighted by molar-refractivity contribution is 6.74. The van der Waals surface area contributed by atoms with Gasteiger partial charge in [-0.2, -0.15) is 0 Å². The zero-order chi connectivity index (χ0) is 22.4. The van der Waals surface area contributed by atoms with E-state index in [4.69, 9.17) is 9.16 Å². The predicted octanol–water partition coefficient (Wildman–Crippen LogP) is 5.51. The lowest BCUT2D eigenvalue weighted by molar-refractivity contribution is 0.0901. The van der Waals surface area contributed by atoms with E-state index in [0.717, 1.165) is 16.8 Å². The summed E-state index contributed by atoms with van der Waals surface area (Å²) >= 11 is 0. The van der Waals surface area contributed by atoms with Crippen LogP contribution >= 0.6 is 0 Å². The van der Waals surface area contributed by atoms with Crippen LogP contribution in [0.25, 0.3) is 11.3 Å². The third-order valence-electron chi connectivity index (χ3n) is 6.46. The van der Waals surface area contributed by atoms with Gasteiger partial charge in [0.2, 0.25) is 11.6 Å². The van der Waals surface area contributed by atoms with Crippen LogP contribution in [0.1, 0.15) is 54.1 Å². The highest BCUT2D eigenvalue weighted by Crippen LogP contribution is 2.41. The highest BCUT2D eigenvalue weighted by atomic mass is 28.4. The van der Waals surface area contributed by atoms with Crippen LogP contribution in [0.2, 0.25) is 18.1 Å². The fourth-order valence-corrected chi connectivity index (χ4v) is 4.58. The Morgan fingerprint density at radius 2 is 1.60 bits per heavy atom. The maximum atomic E-state index is 13.4. The Kier molecular flexibility index (Phi) is 5.69. The van der Waals surface area contributed by atoms with Crippen molar-refractivity contribution < 1.29 is 18.8 Å². The molecule has 30 heavy (non-hydrogen) atoms. The van der Waals surface area contributed by atoms with Crippen LogP contribution in [0.5, 0.6) is 0 Å². The van der Waals surface area contributed by atoms with Crippen LogP contribution in [0.4, 0.5) is 0 Å². The van der Waals surface area contributed by atoms with Crippen LogP contribution in [0, 0.1) is 0 Å². The van der Waals surface area contributed by atoms with Gasteiger partial charge in [-0.25, -0.2) is 0 Å². The van der Waals surface area contributed by atoms with Crippen molar-refractivity contribution in [1.29, 1.82) is 0 Å². The number of nitrogens with zero attached hydrogens (tertiary/aromatic N) is 1. The number of aromatic nitrogens is 1. The minimum atomic E-state index is -2.07. The van der Waals surface area contributed by atoms with E-state index in [0.29, 0.717) is 16.8 Å². The highest BCUT2D eigenvalue weighted by Gasteiger charge is 2.41. The molecule has 0 spiro atoms. The van der Waals surface area contributed by atoms with Crippen LogP contribution in [0.3, 0.4) is 0 Å². The van der Waals surface area contributed by atoms with E-state index in [-0.39, 0.29) is 29.0 Å². The average molecular weight is 426 g/mol. The first-order valence-electron chi connectivity index (χ1n) is 10.2. The van der Waals surface area contributed by atoms with Crippen LogP contribution < -0.4 is 0 Å². The minimum absolute atomic E-state index is 0.0305. The Bertz CT molecular complexity index is 1040.